The highest BCUT2D eigenvalue weighted by Gasteiger charge is 2.37. The summed E-state index contributed by atoms with van der Waals surface area (Å²) in [5.74, 6) is -0.267. The number of nitrogens with one attached hydrogen (secondary N) is 3. The van der Waals surface area contributed by atoms with Crippen LogP contribution in [-0.4, -0.2) is 51.7 Å². The Bertz CT molecular complexity index is 720. The van der Waals surface area contributed by atoms with Crippen molar-refractivity contribution in [1.29, 1.82) is 0 Å². The van der Waals surface area contributed by atoms with Gasteiger partial charge in [0.15, 0.2) is 0 Å². The summed E-state index contributed by atoms with van der Waals surface area (Å²) in [5, 5.41) is 15.5. The molecule has 0 radical (unpaired) electrons. The standard InChI is InChI=1S/C17H25N3O4S/c21-12-17(6-2-7-17)11-19-25(23,24)15-4-1-3-13(9-15)16(22)20-14-5-8-18-10-14/h1,3-4,9,14,18-19,21H,2,5-8,10-12H2,(H,20,22)/t14-/m1/s1. The Kier molecular flexibility index (Phi) is 5.43. The zero-order valence-electron chi connectivity index (χ0n) is 14.1. The summed E-state index contributed by atoms with van der Waals surface area (Å²) < 4.78 is 27.6. The first-order valence-corrected chi connectivity index (χ1v) is 10.1. The molecular weight excluding hydrogens is 342 g/mol. The van der Waals surface area contributed by atoms with Gasteiger partial charge in [0.05, 0.1) is 4.90 Å². The van der Waals surface area contributed by atoms with Gasteiger partial charge < -0.3 is 15.7 Å². The van der Waals surface area contributed by atoms with Gasteiger partial charge in [0.25, 0.3) is 5.91 Å². The predicted octanol–water partition coefficient (Wildman–Crippen LogP) is 0.219. The lowest BCUT2D eigenvalue weighted by Crippen LogP contribution is -2.44. The first-order chi connectivity index (χ1) is 11.9. The van der Waals surface area contributed by atoms with Crippen LogP contribution in [0.2, 0.25) is 0 Å². The lowest BCUT2D eigenvalue weighted by atomic mass is 9.69. The van der Waals surface area contributed by atoms with Gasteiger partial charge in [-0.25, -0.2) is 13.1 Å². The van der Waals surface area contributed by atoms with E-state index in [1.54, 1.807) is 12.1 Å². The lowest BCUT2D eigenvalue weighted by molar-refractivity contribution is 0.0499. The van der Waals surface area contributed by atoms with Crippen LogP contribution in [0, 0.1) is 5.41 Å². The molecule has 8 heteroatoms. The van der Waals surface area contributed by atoms with Gasteiger partial charge in [0.1, 0.15) is 0 Å². The number of sulfonamides is 1. The van der Waals surface area contributed by atoms with Gasteiger partial charge in [0, 0.05) is 36.7 Å². The molecule has 1 saturated heterocycles. The van der Waals surface area contributed by atoms with Crippen LogP contribution in [0.3, 0.4) is 0 Å². The molecule has 1 aromatic carbocycles. The van der Waals surface area contributed by atoms with E-state index in [1.807, 2.05) is 0 Å². The molecular formula is C17H25N3O4S. The Morgan fingerprint density at radius 1 is 1.36 bits per heavy atom. The lowest BCUT2D eigenvalue weighted by Gasteiger charge is -2.40. The average Bonchev–Trinajstić information content (AvgIpc) is 3.07. The molecule has 1 aromatic rings. The second-order valence-electron chi connectivity index (χ2n) is 7.03. The van der Waals surface area contributed by atoms with Gasteiger partial charge in [-0.3, -0.25) is 4.79 Å². The van der Waals surface area contributed by atoms with Crippen molar-refractivity contribution in [3.63, 3.8) is 0 Å². The van der Waals surface area contributed by atoms with E-state index in [0.717, 1.165) is 38.8 Å². The number of carbonyl (C=O) groups excluding carboxylic acids is 1. The van der Waals surface area contributed by atoms with Crippen molar-refractivity contribution in [3.05, 3.63) is 29.8 Å². The van der Waals surface area contributed by atoms with E-state index in [4.69, 9.17) is 0 Å². The van der Waals surface area contributed by atoms with Crippen molar-refractivity contribution in [2.24, 2.45) is 5.41 Å². The molecule has 2 fully saturated rings. The summed E-state index contributed by atoms with van der Waals surface area (Å²) in [7, 11) is -3.72. The van der Waals surface area contributed by atoms with Crippen LogP contribution < -0.4 is 15.4 Å². The minimum atomic E-state index is -3.72. The third-order valence-electron chi connectivity index (χ3n) is 5.19. The van der Waals surface area contributed by atoms with Crippen LogP contribution in [0.1, 0.15) is 36.0 Å². The maximum absolute atomic E-state index is 12.5. The van der Waals surface area contributed by atoms with Crippen LogP contribution in [0.5, 0.6) is 0 Å². The second-order valence-corrected chi connectivity index (χ2v) is 8.79. The second kappa shape index (κ2) is 7.41. The largest absolute Gasteiger partial charge is 0.396 e. The van der Waals surface area contributed by atoms with Crippen molar-refractivity contribution >= 4 is 15.9 Å². The minimum absolute atomic E-state index is 0.0204. The molecule has 0 aromatic heterocycles. The smallest absolute Gasteiger partial charge is 0.251 e. The van der Waals surface area contributed by atoms with Crippen LogP contribution in [0.25, 0.3) is 0 Å². The molecule has 1 aliphatic heterocycles. The minimum Gasteiger partial charge on any atom is -0.396 e. The van der Waals surface area contributed by atoms with Crippen LogP contribution in [0.15, 0.2) is 29.2 Å². The van der Waals surface area contributed by atoms with Gasteiger partial charge in [0.2, 0.25) is 10.0 Å². The number of rotatable bonds is 7. The molecule has 0 spiro atoms. The Morgan fingerprint density at radius 3 is 2.76 bits per heavy atom. The average molecular weight is 367 g/mol. The molecule has 1 saturated carbocycles. The quantitative estimate of drug-likeness (QED) is 0.551. The zero-order valence-corrected chi connectivity index (χ0v) is 14.9. The molecule has 25 heavy (non-hydrogen) atoms. The van der Waals surface area contributed by atoms with Crippen LogP contribution >= 0.6 is 0 Å². The van der Waals surface area contributed by atoms with Gasteiger partial charge in [-0.15, -0.1) is 0 Å². The molecule has 0 unspecified atom stereocenters. The van der Waals surface area contributed by atoms with E-state index in [1.165, 1.54) is 12.1 Å². The first kappa shape index (κ1) is 18.3. The molecule has 1 aliphatic carbocycles. The highest BCUT2D eigenvalue weighted by Crippen LogP contribution is 2.39. The predicted molar refractivity (Wildman–Crippen MR) is 93.7 cm³/mol. The third kappa shape index (κ3) is 4.20. The Balaban J connectivity index is 1.67. The summed E-state index contributed by atoms with van der Waals surface area (Å²) >= 11 is 0. The number of aliphatic hydroxyl groups excluding tert-OH is 1. The van der Waals surface area contributed by atoms with E-state index in [0.29, 0.717) is 5.56 Å². The molecule has 138 valence electrons. The molecule has 2 aliphatic rings. The van der Waals surface area contributed by atoms with E-state index >= 15 is 0 Å². The maximum Gasteiger partial charge on any atom is 0.251 e. The summed E-state index contributed by atoms with van der Waals surface area (Å²) in [6.07, 6.45) is 3.52. The number of benzene rings is 1. The third-order valence-corrected chi connectivity index (χ3v) is 6.59. The first-order valence-electron chi connectivity index (χ1n) is 8.66. The molecule has 4 N–H and O–H groups in total. The molecule has 1 heterocycles. The highest BCUT2D eigenvalue weighted by molar-refractivity contribution is 7.89. The monoisotopic (exact) mass is 367 g/mol. The van der Waals surface area contributed by atoms with Crippen molar-refractivity contribution in [2.75, 3.05) is 26.2 Å². The van der Waals surface area contributed by atoms with Gasteiger partial charge in [-0.05, 0) is 44.0 Å². The van der Waals surface area contributed by atoms with E-state index in [-0.39, 0.29) is 35.4 Å². The molecule has 0 bridgehead atoms. The summed E-state index contributed by atoms with van der Waals surface area (Å²) in [4.78, 5) is 12.4. The van der Waals surface area contributed by atoms with E-state index in [2.05, 4.69) is 15.4 Å². The normalized spacial score (nSPS) is 22.4. The Hall–Kier alpha value is -1.48. The fourth-order valence-electron chi connectivity index (χ4n) is 3.25. The van der Waals surface area contributed by atoms with Crippen molar-refractivity contribution < 1.29 is 18.3 Å². The summed E-state index contributed by atoms with van der Waals surface area (Å²) in [6.45, 7) is 1.80. The molecule has 1 atom stereocenters. The van der Waals surface area contributed by atoms with Gasteiger partial charge in [-0.1, -0.05) is 12.5 Å². The zero-order chi connectivity index (χ0) is 17.9. The fourth-order valence-corrected chi connectivity index (χ4v) is 4.45. The summed E-state index contributed by atoms with van der Waals surface area (Å²) in [6, 6.07) is 6.13. The van der Waals surface area contributed by atoms with Crippen molar-refractivity contribution in [3.8, 4) is 0 Å². The SMILES string of the molecule is O=C(N[C@@H]1CCNC1)c1cccc(S(=O)(=O)NCC2(CO)CCC2)c1. The number of amides is 1. The Labute approximate surface area is 148 Å². The van der Waals surface area contributed by atoms with Crippen molar-refractivity contribution in [2.45, 2.75) is 36.6 Å². The topological polar surface area (TPSA) is 108 Å². The number of hydrogen-bond donors (Lipinski definition) is 4. The Morgan fingerprint density at radius 2 is 2.16 bits per heavy atom. The van der Waals surface area contributed by atoms with Crippen molar-refractivity contribution in [1.82, 2.24) is 15.4 Å². The summed E-state index contributed by atoms with van der Waals surface area (Å²) in [5.41, 5.74) is -0.00681. The van der Waals surface area contributed by atoms with Gasteiger partial charge in [-0.2, -0.15) is 0 Å². The number of carbonyl (C=O) groups is 1. The highest BCUT2D eigenvalue weighted by atomic mass is 32.2. The van der Waals surface area contributed by atoms with E-state index in [9.17, 15) is 18.3 Å². The number of aliphatic hydroxyl groups is 1. The van der Waals surface area contributed by atoms with Gasteiger partial charge >= 0.3 is 0 Å². The molecule has 1 amide bonds. The molecule has 7 nitrogen and oxygen atoms in total. The van der Waals surface area contributed by atoms with Crippen LogP contribution in [-0.2, 0) is 10.0 Å². The fraction of sp³-hybridized carbons (Fsp3) is 0.588. The molecule has 3 rings (SSSR count). The van der Waals surface area contributed by atoms with Crippen LogP contribution in [0.4, 0.5) is 0 Å². The number of hydrogen-bond acceptors (Lipinski definition) is 5. The maximum atomic E-state index is 12.5. The van der Waals surface area contributed by atoms with E-state index < -0.39 is 10.0 Å².